The van der Waals surface area contributed by atoms with E-state index in [1.807, 2.05) is 45.1 Å². The summed E-state index contributed by atoms with van der Waals surface area (Å²) in [6, 6.07) is 0. The van der Waals surface area contributed by atoms with Crippen LogP contribution in [0.25, 0.3) is 0 Å². The van der Waals surface area contributed by atoms with Crippen molar-refractivity contribution in [2.75, 3.05) is 19.7 Å². The first-order valence-corrected chi connectivity index (χ1v) is 8.27. The van der Waals surface area contributed by atoms with Crippen molar-refractivity contribution < 1.29 is 11.6 Å². The molecule has 0 spiro atoms. The van der Waals surface area contributed by atoms with Crippen LogP contribution in [0.3, 0.4) is 0 Å². The molecule has 0 fully saturated rings. The van der Waals surface area contributed by atoms with Crippen LogP contribution < -0.4 is 11.5 Å². The van der Waals surface area contributed by atoms with Gasteiger partial charge >= 0.3 is 0 Å². The van der Waals surface area contributed by atoms with Crippen LogP contribution >= 0.6 is 0 Å². The minimum Gasteiger partial charge on any atom is -0.330 e. The Kier molecular flexibility index (Phi) is 19.7. The smallest absolute Gasteiger partial charge is 0.0873 e. The van der Waals surface area contributed by atoms with E-state index in [1.165, 1.54) is 0 Å². The summed E-state index contributed by atoms with van der Waals surface area (Å²) in [5.74, 6) is 0. The molecule has 0 unspecified atom stereocenters. The molecule has 0 radical (unpaired) electrons. The highest BCUT2D eigenvalue weighted by Crippen LogP contribution is 2.28. The lowest BCUT2D eigenvalue weighted by molar-refractivity contribution is -0.259. The summed E-state index contributed by atoms with van der Waals surface area (Å²) < 4.78 is 0. The molecule has 0 atom stereocenters. The van der Waals surface area contributed by atoms with Gasteiger partial charge in [-0.3, -0.25) is 5.26 Å². The van der Waals surface area contributed by atoms with Gasteiger partial charge in [-0.05, 0) is 61.4 Å². The summed E-state index contributed by atoms with van der Waals surface area (Å²) in [5, 5.41) is 8.50. The van der Waals surface area contributed by atoms with Crippen molar-refractivity contribution in [1.29, 1.82) is 0 Å². The molecule has 5 N–H and O–H groups in total. The predicted molar refractivity (Wildman–Crippen MR) is 115 cm³/mol. The zero-order valence-corrected chi connectivity index (χ0v) is 15.7. The highest BCUT2D eigenvalue weighted by atomic mass is 17.1. The quantitative estimate of drug-likeness (QED) is 0.205. The molecular formula is C21H42N2O2. The van der Waals surface area contributed by atoms with Crippen molar-refractivity contribution in [2.24, 2.45) is 16.9 Å². The van der Waals surface area contributed by atoms with Crippen molar-refractivity contribution in [2.45, 2.75) is 47.5 Å². The lowest BCUT2D eigenvalue weighted by atomic mass is 9.85. The van der Waals surface area contributed by atoms with E-state index in [1.54, 1.807) is 0 Å². The summed E-state index contributed by atoms with van der Waals surface area (Å²) in [5.41, 5.74) is 12.9. The van der Waals surface area contributed by atoms with Gasteiger partial charge in [-0.25, -0.2) is 4.89 Å². The van der Waals surface area contributed by atoms with Crippen LogP contribution in [0.15, 0.2) is 60.8 Å². The largest absolute Gasteiger partial charge is 0.330 e. The van der Waals surface area contributed by atoms with Crippen LogP contribution in [0.5, 0.6) is 0 Å². The number of hydrogen-bond acceptors (Lipinski definition) is 4. The fourth-order valence-electron chi connectivity index (χ4n) is 1.80. The van der Waals surface area contributed by atoms with Gasteiger partial charge < -0.3 is 11.5 Å². The molecule has 25 heavy (non-hydrogen) atoms. The SMILES string of the molecule is C.C=C(/C=C/C)/C=C/C(=C)C(=C)CC(C)(C)COO.NCCCCN.[HH]. The highest BCUT2D eigenvalue weighted by Gasteiger charge is 2.20. The van der Waals surface area contributed by atoms with E-state index < -0.39 is 0 Å². The molecule has 0 saturated heterocycles. The van der Waals surface area contributed by atoms with E-state index in [4.69, 9.17) is 16.7 Å². The molecular weight excluding hydrogens is 312 g/mol. The maximum atomic E-state index is 8.50. The Bertz CT molecular complexity index is 437. The topological polar surface area (TPSA) is 81.5 Å². The standard InChI is InChI=1S/C16H24O2.C4H12N2.CH4.H2/c1-7-8-13(2)9-10-14(3)15(4)11-16(5,6)12-18-17;5-3-1-2-4-6;;/h7-10,17H,2-4,11-12H2,1,5-6H3;1-6H2;1H4;1H/b8-7+,10-9+;;;. The van der Waals surface area contributed by atoms with Crippen LogP contribution in [0.4, 0.5) is 0 Å². The van der Waals surface area contributed by atoms with Crippen LogP contribution in [-0.4, -0.2) is 25.0 Å². The molecule has 0 aromatic rings. The van der Waals surface area contributed by atoms with Gasteiger partial charge in [0.05, 0.1) is 6.61 Å². The lowest BCUT2D eigenvalue weighted by Crippen LogP contribution is -2.19. The third-order valence-electron chi connectivity index (χ3n) is 3.14. The molecule has 0 bridgehead atoms. The molecule has 0 aliphatic carbocycles. The summed E-state index contributed by atoms with van der Waals surface area (Å²) in [6.07, 6.45) is 10.5. The minimum atomic E-state index is -0.164. The van der Waals surface area contributed by atoms with Crippen molar-refractivity contribution in [3.05, 3.63) is 60.8 Å². The summed E-state index contributed by atoms with van der Waals surface area (Å²) in [4.78, 5) is 4.21. The molecule has 148 valence electrons. The van der Waals surface area contributed by atoms with Gasteiger partial charge in [0, 0.05) is 1.43 Å². The Labute approximate surface area is 157 Å². The molecule has 4 heteroatoms. The van der Waals surface area contributed by atoms with E-state index in [0.717, 1.165) is 42.7 Å². The predicted octanol–water partition coefficient (Wildman–Crippen LogP) is 5.26. The van der Waals surface area contributed by atoms with Crippen LogP contribution in [0, 0.1) is 5.41 Å². The minimum absolute atomic E-state index is 0. The monoisotopic (exact) mass is 354 g/mol. The lowest BCUT2D eigenvalue weighted by Gasteiger charge is -2.23. The van der Waals surface area contributed by atoms with E-state index >= 15 is 0 Å². The van der Waals surface area contributed by atoms with Crippen molar-refractivity contribution in [3.8, 4) is 0 Å². The summed E-state index contributed by atoms with van der Waals surface area (Å²) >= 11 is 0. The first kappa shape index (κ1) is 28.3. The van der Waals surface area contributed by atoms with Gasteiger partial charge in [0.15, 0.2) is 0 Å². The molecule has 0 amide bonds. The fraction of sp³-hybridized carbons (Fsp3) is 0.524. The zero-order chi connectivity index (χ0) is 19.0. The average Bonchev–Trinajstić information content (AvgIpc) is 2.50. The Morgan fingerprint density at radius 2 is 1.60 bits per heavy atom. The Balaban J connectivity index is -0.000000261. The van der Waals surface area contributed by atoms with Gasteiger partial charge in [0.2, 0.25) is 0 Å². The van der Waals surface area contributed by atoms with E-state index in [0.29, 0.717) is 6.42 Å². The molecule has 0 saturated carbocycles. The first-order valence-electron chi connectivity index (χ1n) is 8.27. The molecule has 0 rings (SSSR count). The second-order valence-electron chi connectivity index (χ2n) is 6.44. The van der Waals surface area contributed by atoms with Gasteiger partial charge in [0.1, 0.15) is 0 Å². The van der Waals surface area contributed by atoms with Gasteiger partial charge in [0.25, 0.3) is 0 Å². The number of rotatable bonds is 11. The third-order valence-corrected chi connectivity index (χ3v) is 3.14. The average molecular weight is 355 g/mol. The first-order chi connectivity index (χ1) is 11.2. The molecule has 0 aromatic carbocycles. The summed E-state index contributed by atoms with van der Waals surface area (Å²) in [6.45, 7) is 19.6. The Morgan fingerprint density at radius 1 is 1.08 bits per heavy atom. The van der Waals surface area contributed by atoms with Crippen molar-refractivity contribution in [1.82, 2.24) is 0 Å². The summed E-state index contributed by atoms with van der Waals surface area (Å²) in [7, 11) is 0. The number of allylic oxidation sites excluding steroid dienone is 7. The second-order valence-corrected chi connectivity index (χ2v) is 6.44. The third kappa shape index (κ3) is 18.7. The molecule has 4 nitrogen and oxygen atoms in total. The Morgan fingerprint density at radius 3 is 2.00 bits per heavy atom. The number of hydrogen-bond donors (Lipinski definition) is 3. The molecule has 0 heterocycles. The normalized spacial score (nSPS) is 11.0. The van der Waals surface area contributed by atoms with Crippen molar-refractivity contribution in [3.63, 3.8) is 0 Å². The zero-order valence-electron chi connectivity index (χ0n) is 15.7. The van der Waals surface area contributed by atoms with E-state index in [-0.39, 0.29) is 20.9 Å². The number of nitrogens with two attached hydrogens (primary N) is 2. The number of unbranched alkanes of at least 4 members (excludes halogenated alkanes) is 1. The van der Waals surface area contributed by atoms with Gasteiger partial charge in [-0.2, -0.15) is 0 Å². The van der Waals surface area contributed by atoms with Gasteiger partial charge in [-0.1, -0.05) is 65.3 Å². The fourth-order valence-corrected chi connectivity index (χ4v) is 1.80. The molecule has 0 aliphatic heterocycles. The highest BCUT2D eigenvalue weighted by molar-refractivity contribution is 5.40. The molecule has 0 aliphatic rings. The maximum Gasteiger partial charge on any atom is 0.0873 e. The maximum absolute atomic E-state index is 8.50. The van der Waals surface area contributed by atoms with Crippen LogP contribution in [0.2, 0.25) is 0 Å². The van der Waals surface area contributed by atoms with E-state index in [9.17, 15) is 0 Å². The molecule has 0 aromatic heterocycles. The Hall–Kier alpha value is -1.46. The van der Waals surface area contributed by atoms with Crippen molar-refractivity contribution >= 4 is 0 Å². The second kappa shape index (κ2) is 17.4. The van der Waals surface area contributed by atoms with Crippen LogP contribution in [0.1, 0.15) is 48.9 Å². The van der Waals surface area contributed by atoms with Gasteiger partial charge in [-0.15, -0.1) is 0 Å². The van der Waals surface area contributed by atoms with E-state index in [2.05, 4.69) is 24.6 Å². The van der Waals surface area contributed by atoms with Crippen LogP contribution in [-0.2, 0) is 4.89 Å².